The predicted molar refractivity (Wildman–Crippen MR) is 86.9 cm³/mol. The van der Waals surface area contributed by atoms with Gasteiger partial charge in [-0.3, -0.25) is 0 Å². The molecule has 0 atom stereocenters. The summed E-state index contributed by atoms with van der Waals surface area (Å²) in [6.45, 7) is 2.10. The highest BCUT2D eigenvalue weighted by molar-refractivity contribution is 6.16. The van der Waals surface area contributed by atoms with E-state index in [-0.39, 0.29) is 0 Å². The Bertz CT molecular complexity index is 794. The second kappa shape index (κ2) is 4.88. The van der Waals surface area contributed by atoms with Gasteiger partial charge < -0.3 is 4.57 Å². The fourth-order valence-electron chi connectivity index (χ4n) is 3.48. The zero-order valence-electron chi connectivity index (χ0n) is 12.0. The Balaban J connectivity index is 1.84. The number of benzene rings is 2. The molecule has 0 amide bonds. The van der Waals surface area contributed by atoms with E-state index in [0.29, 0.717) is 11.9 Å². The predicted octanol–water partition coefficient (Wildman–Crippen LogP) is 4.42. The largest absolute Gasteiger partial charge is 0.323 e. The maximum atomic E-state index is 6.15. The van der Waals surface area contributed by atoms with Crippen LogP contribution in [0.25, 0.3) is 11.0 Å². The van der Waals surface area contributed by atoms with Crippen LogP contribution in [0.4, 0.5) is 0 Å². The summed E-state index contributed by atoms with van der Waals surface area (Å²) >= 11 is 6.15. The van der Waals surface area contributed by atoms with Gasteiger partial charge in [0.15, 0.2) is 0 Å². The fourth-order valence-corrected chi connectivity index (χ4v) is 3.67. The van der Waals surface area contributed by atoms with Crippen LogP contribution in [0, 0.1) is 6.92 Å². The maximum absolute atomic E-state index is 6.15. The van der Waals surface area contributed by atoms with E-state index in [2.05, 4.69) is 54.0 Å². The van der Waals surface area contributed by atoms with Crippen molar-refractivity contribution >= 4 is 22.6 Å². The van der Waals surface area contributed by atoms with Crippen LogP contribution < -0.4 is 0 Å². The summed E-state index contributed by atoms with van der Waals surface area (Å²) in [5.41, 5.74) is 6.41. The zero-order valence-corrected chi connectivity index (χ0v) is 12.8. The van der Waals surface area contributed by atoms with Crippen molar-refractivity contribution in [3.05, 3.63) is 65.0 Å². The number of aromatic nitrogens is 2. The lowest BCUT2D eigenvalue weighted by Crippen LogP contribution is -2.11. The first-order valence-electron chi connectivity index (χ1n) is 7.36. The van der Waals surface area contributed by atoms with Crippen LogP contribution in [-0.2, 0) is 18.7 Å². The number of aryl methyl sites for hydroxylation is 1. The minimum absolute atomic E-state index is 0.434. The molecular weight excluding hydrogens is 280 g/mol. The number of rotatable bonds is 2. The summed E-state index contributed by atoms with van der Waals surface area (Å²) in [6.07, 6.45) is 2.14. The maximum Gasteiger partial charge on any atom is 0.125 e. The molecule has 2 nitrogen and oxygen atoms in total. The molecule has 0 unspecified atom stereocenters. The van der Waals surface area contributed by atoms with E-state index in [4.69, 9.17) is 16.6 Å². The highest BCUT2D eigenvalue weighted by Gasteiger charge is 2.25. The molecule has 0 spiro atoms. The van der Waals surface area contributed by atoms with Crippen molar-refractivity contribution in [2.45, 2.75) is 31.7 Å². The molecule has 2 aromatic carbocycles. The summed E-state index contributed by atoms with van der Waals surface area (Å²) in [5.74, 6) is 1.44. The van der Waals surface area contributed by atoms with E-state index >= 15 is 0 Å². The molecule has 1 aliphatic rings. The third-order valence-corrected chi connectivity index (χ3v) is 4.67. The lowest BCUT2D eigenvalue weighted by Gasteiger charge is -2.15. The summed E-state index contributed by atoms with van der Waals surface area (Å²) < 4.78 is 2.35. The van der Waals surface area contributed by atoms with Crippen LogP contribution in [-0.4, -0.2) is 9.55 Å². The molecule has 3 heteroatoms. The summed E-state index contributed by atoms with van der Waals surface area (Å²) in [7, 11) is 0. The third kappa shape index (κ3) is 2.06. The van der Waals surface area contributed by atoms with E-state index in [1.165, 1.54) is 22.2 Å². The lowest BCUT2D eigenvalue weighted by molar-refractivity contribution is 0.528. The molecule has 0 bridgehead atoms. The van der Waals surface area contributed by atoms with Crippen molar-refractivity contribution in [2.75, 3.05) is 0 Å². The highest BCUT2D eigenvalue weighted by atomic mass is 35.5. The number of fused-ring (bicyclic) bond motifs is 2. The average molecular weight is 297 g/mol. The van der Waals surface area contributed by atoms with Crippen molar-refractivity contribution in [3.63, 3.8) is 0 Å². The molecule has 0 saturated carbocycles. The Hall–Kier alpha value is -1.80. The van der Waals surface area contributed by atoms with Gasteiger partial charge in [0.05, 0.1) is 16.9 Å². The zero-order chi connectivity index (χ0) is 14.4. The van der Waals surface area contributed by atoms with Crippen LogP contribution in [0.5, 0.6) is 0 Å². The van der Waals surface area contributed by atoms with Gasteiger partial charge in [-0.15, -0.1) is 11.6 Å². The lowest BCUT2D eigenvalue weighted by atomic mass is 10.1. The van der Waals surface area contributed by atoms with Crippen LogP contribution in [0.1, 0.15) is 28.6 Å². The van der Waals surface area contributed by atoms with E-state index in [0.717, 1.165) is 24.2 Å². The van der Waals surface area contributed by atoms with E-state index in [1.54, 1.807) is 0 Å². The highest BCUT2D eigenvalue weighted by Crippen LogP contribution is 2.34. The summed E-state index contributed by atoms with van der Waals surface area (Å²) in [4.78, 5) is 4.73. The van der Waals surface area contributed by atoms with E-state index in [1.807, 2.05) is 0 Å². The van der Waals surface area contributed by atoms with Gasteiger partial charge in [-0.05, 0) is 48.6 Å². The number of nitrogens with zero attached hydrogens (tertiary/aromatic N) is 2. The van der Waals surface area contributed by atoms with Crippen LogP contribution in [0.2, 0.25) is 0 Å². The first-order valence-corrected chi connectivity index (χ1v) is 7.90. The van der Waals surface area contributed by atoms with Gasteiger partial charge in [-0.25, -0.2) is 4.98 Å². The summed E-state index contributed by atoms with van der Waals surface area (Å²) in [6, 6.07) is 15.6. The first-order chi connectivity index (χ1) is 10.3. The van der Waals surface area contributed by atoms with Gasteiger partial charge in [0.1, 0.15) is 5.82 Å². The number of hydrogen-bond acceptors (Lipinski definition) is 1. The molecule has 1 heterocycles. The monoisotopic (exact) mass is 296 g/mol. The molecular formula is C18H17ClN2. The molecule has 0 aliphatic heterocycles. The number of imidazole rings is 1. The molecule has 4 rings (SSSR count). The van der Waals surface area contributed by atoms with Gasteiger partial charge in [0, 0.05) is 6.04 Å². The van der Waals surface area contributed by atoms with Crippen molar-refractivity contribution in [3.8, 4) is 0 Å². The van der Waals surface area contributed by atoms with Gasteiger partial charge in [-0.1, -0.05) is 30.3 Å². The van der Waals surface area contributed by atoms with Crippen LogP contribution in [0.15, 0.2) is 42.5 Å². The quantitative estimate of drug-likeness (QED) is 0.640. The number of alkyl halides is 1. The molecule has 0 N–H and O–H groups in total. The Morgan fingerprint density at radius 3 is 2.52 bits per heavy atom. The Morgan fingerprint density at radius 2 is 1.86 bits per heavy atom. The van der Waals surface area contributed by atoms with E-state index < -0.39 is 0 Å². The standard InChI is InChI=1S/C18H17ClN2/c1-12-6-7-17-16(8-12)20-18(11-19)21(17)15-9-13-4-2-3-5-14(13)10-15/h2-8,15H,9-11H2,1H3. The van der Waals surface area contributed by atoms with Crippen molar-refractivity contribution in [2.24, 2.45) is 0 Å². The topological polar surface area (TPSA) is 17.8 Å². The summed E-state index contributed by atoms with van der Waals surface area (Å²) in [5, 5.41) is 0. The number of halogens is 1. The third-order valence-electron chi connectivity index (χ3n) is 4.43. The van der Waals surface area contributed by atoms with Gasteiger partial charge in [0.2, 0.25) is 0 Å². The van der Waals surface area contributed by atoms with Gasteiger partial charge >= 0.3 is 0 Å². The first kappa shape index (κ1) is 12.9. The molecule has 0 fully saturated rings. The Morgan fingerprint density at radius 1 is 1.14 bits per heavy atom. The Kier molecular flexibility index (Phi) is 3.00. The van der Waals surface area contributed by atoms with Gasteiger partial charge in [0.25, 0.3) is 0 Å². The minimum atomic E-state index is 0.434. The SMILES string of the molecule is Cc1ccc2c(c1)nc(CCl)n2C1Cc2ccccc2C1. The Labute approximate surface area is 129 Å². The average Bonchev–Trinajstić information content (AvgIpc) is 3.06. The van der Waals surface area contributed by atoms with E-state index in [9.17, 15) is 0 Å². The molecule has 0 saturated heterocycles. The molecule has 106 valence electrons. The second-order valence-corrected chi connectivity index (χ2v) is 6.12. The van der Waals surface area contributed by atoms with Gasteiger partial charge in [-0.2, -0.15) is 0 Å². The molecule has 1 aliphatic carbocycles. The smallest absolute Gasteiger partial charge is 0.125 e. The van der Waals surface area contributed by atoms with Crippen LogP contribution >= 0.6 is 11.6 Å². The molecule has 21 heavy (non-hydrogen) atoms. The van der Waals surface area contributed by atoms with Crippen molar-refractivity contribution in [1.29, 1.82) is 0 Å². The van der Waals surface area contributed by atoms with Crippen molar-refractivity contribution in [1.82, 2.24) is 9.55 Å². The molecule has 0 radical (unpaired) electrons. The van der Waals surface area contributed by atoms with Crippen molar-refractivity contribution < 1.29 is 0 Å². The molecule has 1 aromatic heterocycles. The van der Waals surface area contributed by atoms with Crippen LogP contribution in [0.3, 0.4) is 0 Å². The fraction of sp³-hybridized carbons (Fsp3) is 0.278. The minimum Gasteiger partial charge on any atom is -0.323 e. The second-order valence-electron chi connectivity index (χ2n) is 5.85. The molecule has 3 aromatic rings. The normalized spacial score (nSPS) is 14.8. The number of hydrogen-bond donors (Lipinski definition) is 0.